The summed E-state index contributed by atoms with van der Waals surface area (Å²) in [6.07, 6.45) is 6.90. The van der Waals surface area contributed by atoms with Crippen LogP contribution in [0, 0.1) is 0 Å². The molecule has 0 rings (SSSR count). The molecule has 0 aromatic rings. The first-order valence-corrected chi connectivity index (χ1v) is 5.85. The largest absolute Gasteiger partial charge is 0.481 e. The lowest BCUT2D eigenvalue weighted by atomic mass is 10.1. The van der Waals surface area contributed by atoms with Crippen molar-refractivity contribution in [2.24, 2.45) is 0 Å². The Morgan fingerprint density at radius 3 is 2.06 bits per heavy atom. The number of aliphatic carboxylic acids is 1. The minimum absolute atomic E-state index is 0.209. The quantitative estimate of drug-likeness (QED) is 0.672. The van der Waals surface area contributed by atoms with E-state index in [0.29, 0.717) is 6.42 Å². The minimum Gasteiger partial charge on any atom is -0.481 e. The molecule has 0 saturated carbocycles. The van der Waals surface area contributed by atoms with Crippen LogP contribution < -0.4 is 0 Å². The van der Waals surface area contributed by atoms with Gasteiger partial charge in [-0.1, -0.05) is 64.7 Å². The molecular formula is C14H26O2. The van der Waals surface area contributed by atoms with Gasteiger partial charge < -0.3 is 5.11 Å². The molecule has 0 unspecified atom stereocenters. The van der Waals surface area contributed by atoms with E-state index in [4.69, 9.17) is 5.11 Å². The second-order valence-corrected chi connectivity index (χ2v) is 2.50. The summed E-state index contributed by atoms with van der Waals surface area (Å²) in [7, 11) is 0. The second-order valence-electron chi connectivity index (χ2n) is 2.50. The van der Waals surface area contributed by atoms with Crippen molar-refractivity contribution in [3.05, 3.63) is 37.0 Å². The normalized spacial score (nSPS) is 8.25. The van der Waals surface area contributed by atoms with E-state index in [9.17, 15) is 4.79 Å². The van der Waals surface area contributed by atoms with Crippen LogP contribution in [-0.4, -0.2) is 11.1 Å². The molecule has 1 N–H and O–H groups in total. The monoisotopic (exact) mass is 226 g/mol. The lowest BCUT2D eigenvalue weighted by Crippen LogP contribution is -1.93. The average molecular weight is 226 g/mol. The molecule has 2 nitrogen and oxygen atoms in total. The molecule has 0 fully saturated rings. The topological polar surface area (TPSA) is 37.3 Å². The molecule has 0 spiro atoms. The summed E-state index contributed by atoms with van der Waals surface area (Å²) < 4.78 is 0. The Morgan fingerprint density at radius 2 is 1.69 bits per heavy atom. The fourth-order valence-electron chi connectivity index (χ4n) is 0.754. The van der Waals surface area contributed by atoms with Crippen LogP contribution in [0.2, 0.25) is 0 Å². The summed E-state index contributed by atoms with van der Waals surface area (Å²) in [5.41, 5.74) is 0.941. The number of carbonyl (C=O) groups is 1. The SMILES string of the molecule is C=C/C=C\C(=C)CCCC(=O)O.CC.CC. The van der Waals surface area contributed by atoms with Gasteiger partial charge in [0.25, 0.3) is 0 Å². The van der Waals surface area contributed by atoms with Crippen LogP contribution >= 0.6 is 0 Å². The lowest BCUT2D eigenvalue weighted by Gasteiger charge is -1.96. The molecule has 0 aliphatic heterocycles. The maximum atomic E-state index is 10.1. The van der Waals surface area contributed by atoms with E-state index >= 15 is 0 Å². The Kier molecular flexibility index (Phi) is 24.3. The van der Waals surface area contributed by atoms with Gasteiger partial charge in [-0.25, -0.2) is 0 Å². The van der Waals surface area contributed by atoms with Crippen molar-refractivity contribution in [3.63, 3.8) is 0 Å². The Labute approximate surface area is 100 Å². The number of carboxylic acid groups (broad SMARTS) is 1. The molecule has 0 amide bonds. The first-order valence-electron chi connectivity index (χ1n) is 5.85. The van der Waals surface area contributed by atoms with Gasteiger partial charge in [-0.15, -0.1) is 0 Å². The van der Waals surface area contributed by atoms with Crippen molar-refractivity contribution in [1.82, 2.24) is 0 Å². The fourth-order valence-corrected chi connectivity index (χ4v) is 0.754. The van der Waals surface area contributed by atoms with Gasteiger partial charge in [0.15, 0.2) is 0 Å². The molecule has 0 radical (unpaired) electrons. The molecule has 16 heavy (non-hydrogen) atoms. The number of carboxylic acids is 1. The molecule has 0 aromatic carbocycles. The smallest absolute Gasteiger partial charge is 0.303 e. The summed E-state index contributed by atoms with van der Waals surface area (Å²) >= 11 is 0. The molecule has 0 bridgehead atoms. The number of rotatable bonds is 6. The van der Waals surface area contributed by atoms with Gasteiger partial charge >= 0.3 is 5.97 Å². The highest BCUT2D eigenvalue weighted by Crippen LogP contribution is 2.06. The van der Waals surface area contributed by atoms with Crippen molar-refractivity contribution >= 4 is 5.97 Å². The number of allylic oxidation sites excluding steroid dienone is 4. The maximum Gasteiger partial charge on any atom is 0.303 e. The van der Waals surface area contributed by atoms with E-state index < -0.39 is 5.97 Å². The van der Waals surface area contributed by atoms with Crippen molar-refractivity contribution in [2.75, 3.05) is 0 Å². The zero-order valence-corrected chi connectivity index (χ0v) is 11.1. The molecule has 2 heteroatoms. The molecule has 0 atom stereocenters. The predicted octanol–water partition coefficient (Wildman–Crippen LogP) is 4.59. The van der Waals surface area contributed by atoms with Gasteiger partial charge in [-0.2, -0.15) is 0 Å². The van der Waals surface area contributed by atoms with E-state index in [1.807, 2.05) is 33.8 Å². The Balaban J connectivity index is -0.000000376. The third kappa shape index (κ3) is 23.0. The van der Waals surface area contributed by atoms with E-state index in [1.165, 1.54) is 0 Å². The highest BCUT2D eigenvalue weighted by atomic mass is 16.4. The lowest BCUT2D eigenvalue weighted by molar-refractivity contribution is -0.137. The van der Waals surface area contributed by atoms with Crippen molar-refractivity contribution in [1.29, 1.82) is 0 Å². The third-order valence-corrected chi connectivity index (χ3v) is 1.36. The molecule has 0 aliphatic carbocycles. The second kappa shape index (κ2) is 19.3. The number of hydrogen-bond donors (Lipinski definition) is 1. The molecule has 0 aromatic heterocycles. The zero-order valence-electron chi connectivity index (χ0n) is 11.1. The standard InChI is InChI=1S/C10H14O2.2C2H6/c1-3-4-6-9(2)7-5-8-10(11)12;2*1-2/h3-4,6H,1-2,5,7-8H2,(H,11,12);2*1-2H3/b6-4-;;. The van der Waals surface area contributed by atoms with Crippen LogP contribution in [0.4, 0.5) is 0 Å². The van der Waals surface area contributed by atoms with Gasteiger partial charge in [-0.05, 0) is 12.8 Å². The summed E-state index contributed by atoms with van der Waals surface area (Å²) in [5.74, 6) is -0.754. The molecule has 0 saturated heterocycles. The summed E-state index contributed by atoms with van der Waals surface area (Å²) in [6, 6.07) is 0. The highest BCUT2D eigenvalue weighted by molar-refractivity contribution is 5.66. The van der Waals surface area contributed by atoms with Crippen LogP contribution in [-0.2, 0) is 4.79 Å². The number of hydrogen-bond acceptors (Lipinski definition) is 1. The summed E-state index contributed by atoms with van der Waals surface area (Å²) in [6.45, 7) is 15.3. The van der Waals surface area contributed by atoms with Crippen LogP contribution in [0.3, 0.4) is 0 Å². The third-order valence-electron chi connectivity index (χ3n) is 1.36. The summed E-state index contributed by atoms with van der Waals surface area (Å²) in [5, 5.41) is 8.34. The first-order chi connectivity index (χ1) is 7.66. The predicted molar refractivity (Wildman–Crippen MR) is 72.7 cm³/mol. The van der Waals surface area contributed by atoms with Gasteiger partial charge in [-0.3, -0.25) is 4.79 Å². The Hall–Kier alpha value is -1.31. The van der Waals surface area contributed by atoms with Gasteiger partial charge in [0.2, 0.25) is 0 Å². The molecular weight excluding hydrogens is 200 g/mol. The van der Waals surface area contributed by atoms with Crippen LogP contribution in [0.25, 0.3) is 0 Å². The van der Waals surface area contributed by atoms with Crippen molar-refractivity contribution in [2.45, 2.75) is 47.0 Å². The maximum absolute atomic E-state index is 10.1. The van der Waals surface area contributed by atoms with Crippen molar-refractivity contribution in [3.8, 4) is 0 Å². The highest BCUT2D eigenvalue weighted by Gasteiger charge is 1.96. The Morgan fingerprint density at radius 1 is 1.19 bits per heavy atom. The van der Waals surface area contributed by atoms with E-state index in [-0.39, 0.29) is 6.42 Å². The van der Waals surface area contributed by atoms with Gasteiger partial charge in [0, 0.05) is 6.42 Å². The van der Waals surface area contributed by atoms with Gasteiger partial charge in [0.1, 0.15) is 0 Å². The average Bonchev–Trinajstić information content (AvgIpc) is 2.31. The minimum atomic E-state index is -0.754. The van der Waals surface area contributed by atoms with Gasteiger partial charge in [0.05, 0.1) is 0 Å². The zero-order chi connectivity index (χ0) is 13.4. The Bertz CT molecular complexity index is 203. The summed E-state index contributed by atoms with van der Waals surface area (Å²) in [4.78, 5) is 10.1. The first kappa shape index (κ1) is 20.1. The van der Waals surface area contributed by atoms with Crippen LogP contribution in [0.1, 0.15) is 47.0 Å². The van der Waals surface area contributed by atoms with Crippen molar-refractivity contribution < 1.29 is 9.90 Å². The molecule has 94 valence electrons. The molecule has 0 heterocycles. The van der Waals surface area contributed by atoms with E-state index in [1.54, 1.807) is 12.2 Å². The molecule has 0 aliphatic rings. The van der Waals surface area contributed by atoms with Crippen LogP contribution in [0.5, 0.6) is 0 Å². The van der Waals surface area contributed by atoms with Crippen LogP contribution in [0.15, 0.2) is 37.0 Å². The van der Waals surface area contributed by atoms with E-state index in [0.717, 1.165) is 12.0 Å². The fraction of sp³-hybridized carbons (Fsp3) is 0.500. The van der Waals surface area contributed by atoms with E-state index in [2.05, 4.69) is 13.2 Å².